The largest absolute Gasteiger partial charge is 0.523 e. The minimum atomic E-state index is -4.86. The van der Waals surface area contributed by atoms with Crippen LogP contribution in [-0.2, 0) is 29.6 Å². The Bertz CT molecular complexity index is 1310. The van der Waals surface area contributed by atoms with Gasteiger partial charge in [-0.2, -0.15) is 13.2 Å². The van der Waals surface area contributed by atoms with Crippen molar-refractivity contribution in [2.75, 3.05) is 10.2 Å². The number of alkyl halides is 6. The summed E-state index contributed by atoms with van der Waals surface area (Å²) in [7, 11) is 1.29. The van der Waals surface area contributed by atoms with Gasteiger partial charge in [0, 0.05) is 26.6 Å². The molecule has 0 spiro atoms. The number of hydrogen-bond donors (Lipinski definition) is 1. The summed E-state index contributed by atoms with van der Waals surface area (Å²) in [6.07, 6.45) is -9.62. The molecule has 4 rings (SSSR count). The number of nitrogens with zero attached hydrogens (tertiary/aromatic N) is 3. The maximum Gasteiger partial charge on any atom is 0.523 e. The van der Waals surface area contributed by atoms with E-state index in [0.29, 0.717) is 10.1 Å². The number of fused-ring (bicyclic) bond motifs is 1. The molecular weight excluding hydrogens is 510 g/mol. The first-order valence-electron chi connectivity index (χ1n) is 11.1. The van der Waals surface area contributed by atoms with Crippen LogP contribution in [0.4, 0.5) is 37.8 Å². The van der Waals surface area contributed by atoms with Crippen molar-refractivity contribution in [3.05, 3.63) is 80.7 Å². The highest BCUT2D eigenvalue weighted by Crippen LogP contribution is 2.34. The molecule has 14 heteroatoms. The van der Waals surface area contributed by atoms with Gasteiger partial charge in [-0.3, -0.25) is 18.7 Å². The van der Waals surface area contributed by atoms with Crippen LogP contribution in [0.1, 0.15) is 18.4 Å². The number of ether oxygens (including phenoxy) is 2. The summed E-state index contributed by atoms with van der Waals surface area (Å²) >= 11 is 0. The van der Waals surface area contributed by atoms with Gasteiger partial charge in [0.1, 0.15) is 17.3 Å². The predicted octanol–water partition coefficient (Wildman–Crippen LogP) is 3.98. The minimum absolute atomic E-state index is 0.00855. The monoisotopic (exact) mass is 532 g/mol. The zero-order chi connectivity index (χ0) is 27.0. The molecule has 200 valence electrons. The Balaban J connectivity index is 1.68. The van der Waals surface area contributed by atoms with Crippen LogP contribution in [0.2, 0.25) is 0 Å². The Kier molecular flexibility index (Phi) is 7.13. The first-order valence-corrected chi connectivity index (χ1v) is 11.1. The molecule has 1 aromatic heterocycles. The van der Waals surface area contributed by atoms with E-state index in [4.69, 9.17) is 4.74 Å². The van der Waals surface area contributed by atoms with Gasteiger partial charge < -0.3 is 15.0 Å². The summed E-state index contributed by atoms with van der Waals surface area (Å²) in [5, 5.41) is 2.87. The van der Waals surface area contributed by atoms with Crippen LogP contribution in [-0.4, -0.2) is 34.1 Å². The molecule has 37 heavy (non-hydrogen) atoms. The Hall–Kier alpha value is -3.68. The standard InChI is InChI=1S/C23H22F6N4O4/c1-31-18-17(19(34)32(21(31)35)11-10-22(24,25)26)33(13-14-6-3-2-4-7-14)20(30-18)36-15-8-5-9-16(12-15)37-23(27,28)29/h2-9,16,20,30H,10-13H2,1H3. The molecule has 1 aromatic carbocycles. The van der Waals surface area contributed by atoms with Gasteiger partial charge in [-0.15, -0.1) is 13.2 Å². The van der Waals surface area contributed by atoms with Gasteiger partial charge in [0.2, 0.25) is 0 Å². The van der Waals surface area contributed by atoms with Gasteiger partial charge in [0.05, 0.1) is 12.5 Å². The van der Waals surface area contributed by atoms with Gasteiger partial charge >= 0.3 is 18.2 Å². The topological polar surface area (TPSA) is 77.7 Å². The molecular formula is C23H22F6N4O4. The molecule has 0 saturated carbocycles. The zero-order valence-corrected chi connectivity index (χ0v) is 19.3. The molecule has 0 bridgehead atoms. The van der Waals surface area contributed by atoms with E-state index in [1.54, 1.807) is 30.3 Å². The van der Waals surface area contributed by atoms with Crippen LogP contribution in [0, 0.1) is 0 Å². The second-order valence-corrected chi connectivity index (χ2v) is 8.41. The first kappa shape index (κ1) is 26.4. The Labute approximate surface area is 206 Å². The van der Waals surface area contributed by atoms with Crippen molar-refractivity contribution < 1.29 is 35.8 Å². The summed E-state index contributed by atoms with van der Waals surface area (Å²) in [6, 6.07) is 8.74. The number of anilines is 2. The van der Waals surface area contributed by atoms with Crippen molar-refractivity contribution in [2.24, 2.45) is 7.05 Å². The highest BCUT2D eigenvalue weighted by atomic mass is 19.4. The van der Waals surface area contributed by atoms with E-state index in [-0.39, 0.29) is 30.2 Å². The smallest absolute Gasteiger partial charge is 0.456 e. The summed E-state index contributed by atoms with van der Waals surface area (Å²) < 4.78 is 88.0. The Morgan fingerprint density at radius 2 is 1.78 bits per heavy atom. The first-order chi connectivity index (χ1) is 17.3. The van der Waals surface area contributed by atoms with Gasteiger partial charge in [0.25, 0.3) is 11.9 Å². The number of halogens is 6. The number of nitrogens with one attached hydrogen (secondary N) is 1. The summed E-state index contributed by atoms with van der Waals surface area (Å²) in [6.45, 7) is -0.830. The molecule has 2 heterocycles. The van der Waals surface area contributed by atoms with Crippen LogP contribution in [0.3, 0.4) is 0 Å². The molecule has 8 nitrogen and oxygen atoms in total. The molecule has 2 aliphatic rings. The summed E-state index contributed by atoms with van der Waals surface area (Å²) in [5.41, 5.74) is -1.31. The van der Waals surface area contributed by atoms with Crippen LogP contribution in [0.25, 0.3) is 0 Å². The van der Waals surface area contributed by atoms with Crippen LogP contribution in [0.15, 0.2) is 63.9 Å². The van der Waals surface area contributed by atoms with Gasteiger partial charge in [-0.1, -0.05) is 42.5 Å². The van der Waals surface area contributed by atoms with Crippen molar-refractivity contribution in [1.29, 1.82) is 0 Å². The van der Waals surface area contributed by atoms with E-state index >= 15 is 0 Å². The molecule has 2 unspecified atom stereocenters. The molecule has 1 N–H and O–H groups in total. The van der Waals surface area contributed by atoms with Crippen molar-refractivity contribution in [3.8, 4) is 0 Å². The summed E-state index contributed by atoms with van der Waals surface area (Å²) in [4.78, 5) is 27.4. The molecule has 1 aliphatic carbocycles. The van der Waals surface area contributed by atoms with Gasteiger partial charge in [-0.25, -0.2) is 4.79 Å². The van der Waals surface area contributed by atoms with Crippen molar-refractivity contribution >= 4 is 11.5 Å². The van der Waals surface area contributed by atoms with Crippen molar-refractivity contribution in [2.45, 2.75) is 50.9 Å². The average Bonchev–Trinajstić information content (AvgIpc) is 3.14. The van der Waals surface area contributed by atoms with Crippen LogP contribution in [0.5, 0.6) is 0 Å². The zero-order valence-electron chi connectivity index (χ0n) is 19.3. The lowest BCUT2D eigenvalue weighted by Crippen LogP contribution is -2.43. The summed E-state index contributed by atoms with van der Waals surface area (Å²) in [5.74, 6) is 0.108. The predicted molar refractivity (Wildman–Crippen MR) is 121 cm³/mol. The van der Waals surface area contributed by atoms with Crippen molar-refractivity contribution in [3.63, 3.8) is 0 Å². The number of aromatic nitrogens is 2. The van der Waals surface area contributed by atoms with E-state index in [1.807, 2.05) is 0 Å². The number of benzene rings is 1. The molecule has 0 fully saturated rings. The SMILES string of the molecule is Cn1c2c(c(=O)n(CCC(F)(F)F)c1=O)N(Cc1ccccc1)C(OC1=CC=CC(OC(F)(F)F)C1)N2. The highest BCUT2D eigenvalue weighted by molar-refractivity contribution is 5.71. The van der Waals surface area contributed by atoms with Crippen molar-refractivity contribution in [1.82, 2.24) is 9.13 Å². The molecule has 2 aromatic rings. The van der Waals surface area contributed by atoms with E-state index in [0.717, 1.165) is 4.57 Å². The fraction of sp³-hybridized carbons (Fsp3) is 0.391. The normalized spacial score (nSPS) is 19.4. The number of hydrogen-bond acceptors (Lipinski definition) is 6. The van der Waals surface area contributed by atoms with Gasteiger partial charge in [0.15, 0.2) is 0 Å². The lowest BCUT2D eigenvalue weighted by Gasteiger charge is -2.29. The van der Waals surface area contributed by atoms with Gasteiger partial charge in [-0.05, 0) is 11.6 Å². The molecule has 2 atom stereocenters. The number of allylic oxidation sites excluding steroid dienone is 2. The Morgan fingerprint density at radius 3 is 2.43 bits per heavy atom. The average molecular weight is 532 g/mol. The molecule has 0 amide bonds. The maximum absolute atomic E-state index is 13.3. The van der Waals surface area contributed by atoms with E-state index in [1.165, 1.54) is 30.2 Å². The van der Waals surface area contributed by atoms with Crippen LogP contribution < -0.4 is 21.5 Å². The highest BCUT2D eigenvalue weighted by Gasteiger charge is 2.39. The Morgan fingerprint density at radius 1 is 1.08 bits per heavy atom. The van der Waals surface area contributed by atoms with E-state index < -0.39 is 49.2 Å². The van der Waals surface area contributed by atoms with E-state index in [2.05, 4.69) is 10.1 Å². The fourth-order valence-corrected chi connectivity index (χ4v) is 4.06. The van der Waals surface area contributed by atoms with E-state index in [9.17, 15) is 35.9 Å². The second-order valence-electron chi connectivity index (χ2n) is 8.41. The second kappa shape index (κ2) is 10.00. The number of rotatable bonds is 7. The maximum atomic E-state index is 13.3. The lowest BCUT2D eigenvalue weighted by molar-refractivity contribution is -0.336. The molecule has 1 aliphatic heterocycles. The van der Waals surface area contributed by atoms with Crippen LogP contribution >= 0.6 is 0 Å². The fourth-order valence-electron chi connectivity index (χ4n) is 4.06. The third-order valence-electron chi connectivity index (χ3n) is 5.73. The third kappa shape index (κ3) is 6.18. The molecule has 0 radical (unpaired) electrons. The molecule has 0 saturated heterocycles. The quantitative estimate of drug-likeness (QED) is 0.544. The third-order valence-corrected chi connectivity index (χ3v) is 5.73. The minimum Gasteiger partial charge on any atom is -0.456 e. The lowest BCUT2D eigenvalue weighted by atomic mass is 10.1.